The van der Waals surface area contributed by atoms with E-state index in [0.717, 1.165) is 35.5 Å². The van der Waals surface area contributed by atoms with Crippen LogP contribution in [0.25, 0.3) is 5.57 Å². The SMILES string of the molecule is C=C(OC)/C(=C/OC)c1ccccc1COc1cccc(N2CCCCC2)c1. The summed E-state index contributed by atoms with van der Waals surface area (Å²) in [5.74, 6) is 1.43. The van der Waals surface area contributed by atoms with Crippen LogP contribution in [0.5, 0.6) is 5.75 Å². The van der Waals surface area contributed by atoms with Crippen molar-refractivity contribution in [2.75, 3.05) is 32.2 Å². The number of piperidine rings is 1. The van der Waals surface area contributed by atoms with E-state index in [-0.39, 0.29) is 0 Å². The molecule has 1 aliphatic rings. The van der Waals surface area contributed by atoms with E-state index < -0.39 is 0 Å². The highest BCUT2D eigenvalue weighted by Crippen LogP contribution is 2.28. The third kappa shape index (κ3) is 4.89. The zero-order valence-corrected chi connectivity index (χ0v) is 16.8. The van der Waals surface area contributed by atoms with E-state index in [2.05, 4.69) is 35.7 Å². The summed E-state index contributed by atoms with van der Waals surface area (Å²) < 4.78 is 16.7. The molecule has 0 radical (unpaired) electrons. The lowest BCUT2D eigenvalue weighted by atomic mass is 10.00. The summed E-state index contributed by atoms with van der Waals surface area (Å²) in [5, 5.41) is 0. The fourth-order valence-corrected chi connectivity index (χ4v) is 3.50. The summed E-state index contributed by atoms with van der Waals surface area (Å²) in [6.07, 6.45) is 5.50. The van der Waals surface area contributed by atoms with E-state index in [1.54, 1.807) is 20.5 Å². The van der Waals surface area contributed by atoms with Crippen molar-refractivity contribution in [3.63, 3.8) is 0 Å². The molecule has 0 amide bonds. The third-order valence-electron chi connectivity index (χ3n) is 5.02. The van der Waals surface area contributed by atoms with E-state index in [1.807, 2.05) is 24.3 Å². The minimum atomic E-state index is 0.456. The molecule has 0 aromatic heterocycles. The summed E-state index contributed by atoms with van der Waals surface area (Å²) in [4.78, 5) is 2.44. The van der Waals surface area contributed by atoms with Crippen molar-refractivity contribution in [2.45, 2.75) is 25.9 Å². The molecule has 0 spiro atoms. The van der Waals surface area contributed by atoms with E-state index in [4.69, 9.17) is 14.2 Å². The molecule has 1 fully saturated rings. The Labute approximate surface area is 168 Å². The molecule has 2 aromatic rings. The van der Waals surface area contributed by atoms with Crippen LogP contribution in [0.3, 0.4) is 0 Å². The van der Waals surface area contributed by atoms with E-state index in [1.165, 1.54) is 24.9 Å². The highest BCUT2D eigenvalue weighted by Gasteiger charge is 2.14. The lowest BCUT2D eigenvalue weighted by molar-refractivity contribution is 0.300. The molecule has 3 rings (SSSR count). The van der Waals surface area contributed by atoms with Gasteiger partial charge in [0.15, 0.2) is 0 Å². The van der Waals surface area contributed by atoms with Gasteiger partial charge in [-0.1, -0.05) is 36.9 Å². The van der Waals surface area contributed by atoms with E-state index in [9.17, 15) is 0 Å². The Morgan fingerprint density at radius 1 is 1.04 bits per heavy atom. The standard InChI is InChI=1S/C24H29NO3/c1-19(27-3)24(18-26-2)23-13-6-5-10-20(23)17-28-22-12-9-11-21(16-22)25-14-7-4-8-15-25/h5-6,9-13,16,18H,1,4,7-8,14-15,17H2,2-3H3/b24-18-. The molecule has 1 heterocycles. The maximum absolute atomic E-state index is 6.14. The number of benzene rings is 2. The van der Waals surface area contributed by atoms with Crippen LogP contribution in [0.15, 0.2) is 67.1 Å². The van der Waals surface area contributed by atoms with Gasteiger partial charge in [0.25, 0.3) is 0 Å². The van der Waals surface area contributed by atoms with Crippen LogP contribution < -0.4 is 9.64 Å². The second-order valence-electron chi connectivity index (χ2n) is 6.89. The summed E-state index contributed by atoms with van der Waals surface area (Å²) in [7, 11) is 3.23. The lowest BCUT2D eigenvalue weighted by Crippen LogP contribution is -2.29. The van der Waals surface area contributed by atoms with Gasteiger partial charge in [-0.2, -0.15) is 0 Å². The molecule has 28 heavy (non-hydrogen) atoms. The van der Waals surface area contributed by atoms with Gasteiger partial charge in [0.2, 0.25) is 0 Å². The highest BCUT2D eigenvalue weighted by atomic mass is 16.5. The molecule has 0 unspecified atom stereocenters. The number of rotatable bonds is 8. The summed E-state index contributed by atoms with van der Waals surface area (Å²) in [5.41, 5.74) is 4.08. The molecular weight excluding hydrogens is 350 g/mol. The first kappa shape index (κ1) is 19.9. The highest BCUT2D eigenvalue weighted by molar-refractivity contribution is 5.77. The number of hydrogen-bond acceptors (Lipinski definition) is 4. The van der Waals surface area contributed by atoms with Gasteiger partial charge in [0.05, 0.1) is 26.1 Å². The van der Waals surface area contributed by atoms with Crippen LogP contribution >= 0.6 is 0 Å². The van der Waals surface area contributed by atoms with Gasteiger partial charge in [-0.05, 0) is 42.5 Å². The zero-order chi connectivity index (χ0) is 19.8. The lowest BCUT2D eigenvalue weighted by Gasteiger charge is -2.29. The quantitative estimate of drug-likeness (QED) is 0.454. The average Bonchev–Trinajstić information content (AvgIpc) is 2.76. The first-order chi connectivity index (χ1) is 13.7. The second-order valence-corrected chi connectivity index (χ2v) is 6.89. The van der Waals surface area contributed by atoms with Gasteiger partial charge < -0.3 is 19.1 Å². The van der Waals surface area contributed by atoms with Crippen molar-refractivity contribution in [1.29, 1.82) is 0 Å². The predicted molar refractivity (Wildman–Crippen MR) is 114 cm³/mol. The Balaban J connectivity index is 1.76. The fraction of sp³-hybridized carbons (Fsp3) is 0.333. The van der Waals surface area contributed by atoms with Gasteiger partial charge >= 0.3 is 0 Å². The maximum atomic E-state index is 6.14. The van der Waals surface area contributed by atoms with Gasteiger partial charge in [-0.25, -0.2) is 0 Å². The van der Waals surface area contributed by atoms with Crippen LogP contribution in [0.4, 0.5) is 5.69 Å². The topological polar surface area (TPSA) is 30.9 Å². The van der Waals surface area contributed by atoms with Crippen molar-refractivity contribution >= 4 is 11.3 Å². The van der Waals surface area contributed by atoms with Crippen molar-refractivity contribution in [3.05, 3.63) is 78.3 Å². The van der Waals surface area contributed by atoms with Gasteiger partial charge in [0.1, 0.15) is 18.1 Å². The van der Waals surface area contributed by atoms with Crippen LogP contribution in [-0.4, -0.2) is 27.3 Å². The van der Waals surface area contributed by atoms with Crippen LogP contribution in [0.2, 0.25) is 0 Å². The molecule has 0 saturated carbocycles. The van der Waals surface area contributed by atoms with E-state index in [0.29, 0.717) is 12.4 Å². The molecule has 1 aliphatic heterocycles. The molecule has 0 N–H and O–H groups in total. The Morgan fingerprint density at radius 2 is 1.82 bits per heavy atom. The third-order valence-corrected chi connectivity index (χ3v) is 5.02. The fourth-order valence-electron chi connectivity index (χ4n) is 3.50. The van der Waals surface area contributed by atoms with Crippen molar-refractivity contribution < 1.29 is 14.2 Å². The van der Waals surface area contributed by atoms with Crippen LogP contribution in [-0.2, 0) is 16.1 Å². The van der Waals surface area contributed by atoms with Crippen LogP contribution in [0, 0.1) is 0 Å². The van der Waals surface area contributed by atoms with Gasteiger partial charge in [-0.15, -0.1) is 0 Å². The van der Waals surface area contributed by atoms with Crippen LogP contribution in [0.1, 0.15) is 30.4 Å². The van der Waals surface area contributed by atoms with Crippen molar-refractivity contribution in [2.24, 2.45) is 0 Å². The second kappa shape index (κ2) is 9.88. The monoisotopic (exact) mass is 379 g/mol. The predicted octanol–water partition coefficient (Wildman–Crippen LogP) is 5.40. The zero-order valence-electron chi connectivity index (χ0n) is 16.8. The normalized spacial score (nSPS) is 14.5. The number of hydrogen-bond donors (Lipinski definition) is 0. The molecular formula is C24H29NO3. The number of methoxy groups -OCH3 is 2. The largest absolute Gasteiger partial charge is 0.504 e. The summed E-state index contributed by atoms with van der Waals surface area (Å²) in [6, 6.07) is 16.4. The van der Waals surface area contributed by atoms with E-state index >= 15 is 0 Å². The maximum Gasteiger partial charge on any atom is 0.122 e. The number of allylic oxidation sites excluding steroid dienone is 1. The molecule has 4 nitrogen and oxygen atoms in total. The molecule has 148 valence electrons. The Hall–Kier alpha value is -2.88. The van der Waals surface area contributed by atoms with Gasteiger partial charge in [-0.3, -0.25) is 0 Å². The smallest absolute Gasteiger partial charge is 0.122 e. The molecule has 0 bridgehead atoms. The summed E-state index contributed by atoms with van der Waals surface area (Å²) in [6.45, 7) is 6.67. The molecule has 2 aromatic carbocycles. The Kier molecular flexibility index (Phi) is 7.01. The van der Waals surface area contributed by atoms with Crippen molar-refractivity contribution in [1.82, 2.24) is 0 Å². The molecule has 4 heteroatoms. The minimum absolute atomic E-state index is 0.456. The number of anilines is 1. The average molecular weight is 380 g/mol. The number of nitrogens with zero attached hydrogens (tertiary/aromatic N) is 1. The first-order valence-electron chi connectivity index (χ1n) is 9.75. The minimum Gasteiger partial charge on any atom is -0.504 e. The first-order valence-corrected chi connectivity index (χ1v) is 9.75. The molecule has 1 saturated heterocycles. The molecule has 0 aliphatic carbocycles. The Bertz CT molecular complexity index is 822. The number of ether oxygens (including phenoxy) is 3. The Morgan fingerprint density at radius 3 is 2.57 bits per heavy atom. The van der Waals surface area contributed by atoms with Gasteiger partial charge in [0, 0.05) is 24.8 Å². The summed E-state index contributed by atoms with van der Waals surface area (Å²) >= 11 is 0. The molecule has 0 atom stereocenters. The van der Waals surface area contributed by atoms with Crippen molar-refractivity contribution in [3.8, 4) is 5.75 Å².